The summed E-state index contributed by atoms with van der Waals surface area (Å²) in [5, 5.41) is 8.44. The van der Waals surface area contributed by atoms with Crippen molar-refractivity contribution in [3.8, 4) is 0 Å². The molecule has 0 aromatic carbocycles. The van der Waals surface area contributed by atoms with E-state index in [1.54, 1.807) is 0 Å². The smallest absolute Gasteiger partial charge is 0.399 e. The maximum absolute atomic E-state index is 6.10. The predicted molar refractivity (Wildman–Crippen MR) is 78.2 cm³/mol. The van der Waals surface area contributed by atoms with E-state index in [9.17, 15) is 0 Å². The molecule has 1 aliphatic heterocycles. The summed E-state index contributed by atoms with van der Waals surface area (Å²) in [7, 11) is -0.410. The van der Waals surface area contributed by atoms with E-state index in [0.717, 1.165) is 22.6 Å². The number of aromatic nitrogens is 3. The molecule has 20 heavy (non-hydrogen) atoms. The van der Waals surface area contributed by atoms with Crippen LogP contribution in [0.2, 0.25) is 0 Å². The zero-order chi connectivity index (χ0) is 14.7. The molecule has 2 aromatic rings. The van der Waals surface area contributed by atoms with Crippen molar-refractivity contribution < 1.29 is 9.31 Å². The first-order valence-corrected chi connectivity index (χ1v) is 6.90. The van der Waals surface area contributed by atoms with Crippen LogP contribution >= 0.6 is 0 Å². The van der Waals surface area contributed by atoms with Crippen LogP contribution in [0.15, 0.2) is 12.1 Å². The van der Waals surface area contributed by atoms with E-state index in [-0.39, 0.29) is 11.2 Å². The van der Waals surface area contributed by atoms with E-state index in [2.05, 4.69) is 10.2 Å². The Morgan fingerprint density at radius 2 is 1.60 bits per heavy atom. The molecular weight excluding hydrogens is 253 g/mol. The quantitative estimate of drug-likeness (QED) is 0.741. The summed E-state index contributed by atoms with van der Waals surface area (Å²) in [6.45, 7) is 12.2. The molecular formula is C14H20BN3O2. The molecule has 0 aliphatic carbocycles. The Labute approximate surface area is 119 Å². The Balaban J connectivity index is 2.11. The van der Waals surface area contributed by atoms with E-state index >= 15 is 0 Å². The second-order valence-electron chi connectivity index (χ2n) is 6.42. The Kier molecular flexibility index (Phi) is 2.75. The summed E-state index contributed by atoms with van der Waals surface area (Å²) in [4.78, 5) is 0. The van der Waals surface area contributed by atoms with Crippen molar-refractivity contribution >= 4 is 18.2 Å². The van der Waals surface area contributed by atoms with Gasteiger partial charge in [0.2, 0.25) is 0 Å². The van der Waals surface area contributed by atoms with Crippen LogP contribution < -0.4 is 5.46 Å². The molecule has 1 fully saturated rings. The van der Waals surface area contributed by atoms with Gasteiger partial charge < -0.3 is 9.31 Å². The Morgan fingerprint density at radius 1 is 1.00 bits per heavy atom. The van der Waals surface area contributed by atoms with Gasteiger partial charge in [0.1, 0.15) is 5.82 Å². The van der Waals surface area contributed by atoms with Crippen LogP contribution in [0.1, 0.15) is 39.2 Å². The molecule has 106 valence electrons. The van der Waals surface area contributed by atoms with Crippen LogP contribution in [0, 0.1) is 13.8 Å². The minimum Gasteiger partial charge on any atom is -0.399 e. The fourth-order valence-corrected chi connectivity index (χ4v) is 2.48. The van der Waals surface area contributed by atoms with Gasteiger partial charge in [-0.1, -0.05) is 6.07 Å². The Hall–Kier alpha value is -1.40. The van der Waals surface area contributed by atoms with Gasteiger partial charge in [0.15, 0.2) is 5.65 Å². The van der Waals surface area contributed by atoms with Crippen molar-refractivity contribution in [1.29, 1.82) is 0 Å². The summed E-state index contributed by atoms with van der Waals surface area (Å²) in [5.41, 5.74) is 2.13. The van der Waals surface area contributed by atoms with Gasteiger partial charge in [0.05, 0.1) is 11.2 Å². The molecule has 1 saturated heterocycles. The monoisotopic (exact) mass is 273 g/mol. The zero-order valence-corrected chi connectivity index (χ0v) is 12.9. The summed E-state index contributed by atoms with van der Waals surface area (Å²) in [6.07, 6.45) is 0. The van der Waals surface area contributed by atoms with Gasteiger partial charge in [0, 0.05) is 11.2 Å². The molecule has 5 nitrogen and oxygen atoms in total. The molecule has 1 aliphatic rings. The van der Waals surface area contributed by atoms with Crippen molar-refractivity contribution in [3.63, 3.8) is 0 Å². The number of pyridine rings is 1. The van der Waals surface area contributed by atoms with Crippen LogP contribution in [0.3, 0.4) is 0 Å². The molecule has 3 heterocycles. The molecule has 3 rings (SSSR count). The number of hydrogen-bond acceptors (Lipinski definition) is 4. The van der Waals surface area contributed by atoms with E-state index in [4.69, 9.17) is 9.31 Å². The first kappa shape index (κ1) is 13.6. The fraction of sp³-hybridized carbons (Fsp3) is 0.571. The Bertz CT molecular complexity index is 662. The van der Waals surface area contributed by atoms with Crippen LogP contribution in [0.4, 0.5) is 0 Å². The van der Waals surface area contributed by atoms with Gasteiger partial charge in [-0.2, -0.15) is 0 Å². The first-order chi connectivity index (χ1) is 9.23. The summed E-state index contributed by atoms with van der Waals surface area (Å²) in [5.74, 6) is 0.871. The van der Waals surface area contributed by atoms with Gasteiger partial charge >= 0.3 is 7.12 Å². The van der Waals surface area contributed by atoms with Crippen molar-refractivity contribution in [1.82, 2.24) is 14.6 Å². The lowest BCUT2D eigenvalue weighted by atomic mass is 9.79. The van der Waals surface area contributed by atoms with E-state index in [1.807, 2.05) is 58.1 Å². The van der Waals surface area contributed by atoms with Crippen molar-refractivity contribution in [2.24, 2.45) is 0 Å². The molecule has 6 heteroatoms. The van der Waals surface area contributed by atoms with E-state index < -0.39 is 7.12 Å². The lowest BCUT2D eigenvalue weighted by molar-refractivity contribution is 0.00578. The van der Waals surface area contributed by atoms with Gasteiger partial charge in [-0.05, 0) is 47.6 Å². The third-order valence-corrected chi connectivity index (χ3v) is 4.45. The van der Waals surface area contributed by atoms with Gasteiger partial charge in [0.25, 0.3) is 0 Å². The molecule has 0 spiro atoms. The standard InChI is InChI=1S/C14H20BN3O2/c1-9-7-8-11(12-17-16-10(2)18(9)12)15-19-13(3,4)14(5,6)20-15/h7-8H,1-6H3. The molecule has 2 aromatic heterocycles. The molecule has 0 N–H and O–H groups in total. The molecule has 0 saturated carbocycles. The minimum absolute atomic E-state index is 0.353. The summed E-state index contributed by atoms with van der Waals surface area (Å²) < 4.78 is 14.2. The third kappa shape index (κ3) is 1.78. The second-order valence-corrected chi connectivity index (χ2v) is 6.42. The highest BCUT2D eigenvalue weighted by molar-refractivity contribution is 6.64. The third-order valence-electron chi connectivity index (χ3n) is 4.45. The lowest BCUT2D eigenvalue weighted by Crippen LogP contribution is -2.41. The minimum atomic E-state index is -0.410. The number of fused-ring (bicyclic) bond motifs is 1. The van der Waals surface area contributed by atoms with Gasteiger partial charge in [-0.25, -0.2) is 0 Å². The fourth-order valence-electron chi connectivity index (χ4n) is 2.48. The molecule has 0 unspecified atom stereocenters. The molecule has 0 atom stereocenters. The lowest BCUT2D eigenvalue weighted by Gasteiger charge is -2.32. The van der Waals surface area contributed by atoms with Crippen LogP contribution in [-0.4, -0.2) is 32.9 Å². The highest BCUT2D eigenvalue weighted by Gasteiger charge is 2.52. The molecule has 0 bridgehead atoms. The highest BCUT2D eigenvalue weighted by Crippen LogP contribution is 2.36. The number of hydrogen-bond donors (Lipinski definition) is 0. The number of nitrogens with zero attached hydrogens (tertiary/aromatic N) is 3. The highest BCUT2D eigenvalue weighted by atomic mass is 16.7. The van der Waals surface area contributed by atoms with Gasteiger partial charge in [-0.3, -0.25) is 4.40 Å². The van der Waals surface area contributed by atoms with Gasteiger partial charge in [-0.15, -0.1) is 10.2 Å². The Morgan fingerprint density at radius 3 is 2.20 bits per heavy atom. The van der Waals surface area contributed by atoms with Crippen molar-refractivity contribution in [3.05, 3.63) is 23.7 Å². The largest absolute Gasteiger partial charge is 0.498 e. The summed E-state index contributed by atoms with van der Waals surface area (Å²) in [6, 6.07) is 4.06. The van der Waals surface area contributed by atoms with Crippen LogP contribution in [-0.2, 0) is 9.31 Å². The summed E-state index contributed by atoms with van der Waals surface area (Å²) >= 11 is 0. The van der Waals surface area contributed by atoms with Crippen molar-refractivity contribution in [2.75, 3.05) is 0 Å². The molecule has 0 amide bonds. The van der Waals surface area contributed by atoms with E-state index in [1.165, 1.54) is 0 Å². The zero-order valence-electron chi connectivity index (χ0n) is 12.9. The van der Waals surface area contributed by atoms with Crippen molar-refractivity contribution in [2.45, 2.75) is 52.7 Å². The second kappa shape index (κ2) is 4.05. The SMILES string of the molecule is Cc1ccc(B2OC(C)(C)C(C)(C)O2)c2nnc(C)n12. The number of rotatable bonds is 1. The average Bonchev–Trinajstić information content (AvgIpc) is 2.80. The molecule has 0 radical (unpaired) electrons. The maximum atomic E-state index is 6.10. The normalized spacial score (nSPS) is 20.8. The number of aryl methyl sites for hydroxylation is 2. The van der Waals surface area contributed by atoms with E-state index in [0.29, 0.717) is 0 Å². The van der Waals surface area contributed by atoms with Crippen LogP contribution in [0.5, 0.6) is 0 Å². The predicted octanol–water partition coefficient (Wildman–Crippen LogP) is 1.65. The average molecular weight is 273 g/mol. The van der Waals surface area contributed by atoms with Crippen LogP contribution in [0.25, 0.3) is 5.65 Å². The first-order valence-electron chi connectivity index (χ1n) is 6.90. The maximum Gasteiger partial charge on any atom is 0.498 e. The topological polar surface area (TPSA) is 48.7 Å².